The van der Waals surface area contributed by atoms with Crippen LogP contribution in [0, 0.1) is 0 Å². The second-order valence-electron chi connectivity index (χ2n) is 4.11. The molecule has 0 saturated heterocycles. The minimum atomic E-state index is -1.31. The summed E-state index contributed by atoms with van der Waals surface area (Å²) in [6.45, 7) is 3.27. The third kappa shape index (κ3) is 2.81. The third-order valence-electron chi connectivity index (χ3n) is 2.33. The molecule has 4 nitrogen and oxygen atoms in total. The molecule has 2 N–H and O–H groups in total. The number of benzene rings is 1. The van der Waals surface area contributed by atoms with Crippen LogP contribution in [0.5, 0.6) is 0 Å². The van der Waals surface area contributed by atoms with Gasteiger partial charge in [0, 0.05) is 0 Å². The number of ether oxygens (including phenoxy) is 1. The second-order valence-corrected chi connectivity index (χ2v) is 4.11. The fraction of sp³-hybridized carbons (Fsp3) is 0.417. The highest BCUT2D eigenvalue weighted by atomic mass is 16.5. The van der Waals surface area contributed by atoms with Gasteiger partial charge in [-0.2, -0.15) is 0 Å². The molecule has 0 amide bonds. The van der Waals surface area contributed by atoms with Crippen LogP contribution in [0.4, 0.5) is 0 Å². The van der Waals surface area contributed by atoms with Gasteiger partial charge in [-0.1, -0.05) is 18.2 Å². The lowest BCUT2D eigenvalue weighted by atomic mass is 9.95. The van der Waals surface area contributed by atoms with E-state index in [0.29, 0.717) is 11.1 Å². The minimum absolute atomic E-state index is 0.409. The monoisotopic (exact) mass is 224 g/mol. The summed E-state index contributed by atoms with van der Waals surface area (Å²) >= 11 is 0. The first kappa shape index (κ1) is 12.7. The molecule has 1 unspecified atom stereocenters. The van der Waals surface area contributed by atoms with E-state index < -0.39 is 17.7 Å². The van der Waals surface area contributed by atoms with Crippen molar-refractivity contribution in [1.82, 2.24) is 0 Å². The fourth-order valence-electron chi connectivity index (χ4n) is 1.34. The SMILES string of the molecule is COC(=O)C(O)c1cccc(C(C)(C)O)c1. The van der Waals surface area contributed by atoms with Gasteiger partial charge < -0.3 is 14.9 Å². The molecule has 16 heavy (non-hydrogen) atoms. The van der Waals surface area contributed by atoms with Crippen molar-refractivity contribution in [2.45, 2.75) is 25.6 Å². The first-order valence-electron chi connectivity index (χ1n) is 4.95. The maximum absolute atomic E-state index is 11.1. The van der Waals surface area contributed by atoms with Crippen molar-refractivity contribution in [2.24, 2.45) is 0 Å². The first-order valence-corrected chi connectivity index (χ1v) is 4.95. The van der Waals surface area contributed by atoms with Crippen LogP contribution in [-0.2, 0) is 15.1 Å². The molecule has 0 aliphatic rings. The summed E-state index contributed by atoms with van der Waals surface area (Å²) in [7, 11) is 1.21. The lowest BCUT2D eigenvalue weighted by Crippen LogP contribution is -2.18. The smallest absolute Gasteiger partial charge is 0.339 e. The van der Waals surface area contributed by atoms with E-state index in [0.717, 1.165) is 0 Å². The molecule has 0 spiro atoms. The molecule has 0 aromatic heterocycles. The summed E-state index contributed by atoms with van der Waals surface area (Å²) in [6.07, 6.45) is -1.31. The summed E-state index contributed by atoms with van der Waals surface area (Å²) < 4.78 is 4.44. The Morgan fingerprint density at radius 3 is 2.56 bits per heavy atom. The molecular weight excluding hydrogens is 208 g/mol. The van der Waals surface area contributed by atoms with E-state index in [1.807, 2.05) is 0 Å². The maximum Gasteiger partial charge on any atom is 0.339 e. The molecule has 4 heteroatoms. The van der Waals surface area contributed by atoms with E-state index in [4.69, 9.17) is 0 Å². The van der Waals surface area contributed by atoms with Gasteiger partial charge in [0.15, 0.2) is 6.10 Å². The Hall–Kier alpha value is -1.39. The van der Waals surface area contributed by atoms with Crippen molar-refractivity contribution < 1.29 is 19.7 Å². The number of aliphatic hydroxyl groups is 2. The van der Waals surface area contributed by atoms with Gasteiger partial charge in [0.05, 0.1) is 12.7 Å². The molecule has 1 aromatic rings. The standard InChI is InChI=1S/C12H16O4/c1-12(2,15)9-6-4-5-8(7-9)10(13)11(14)16-3/h4-7,10,13,15H,1-3H3. The van der Waals surface area contributed by atoms with E-state index in [2.05, 4.69) is 4.74 Å². The highest BCUT2D eigenvalue weighted by Gasteiger charge is 2.21. The predicted octanol–water partition coefficient (Wildman–Crippen LogP) is 1.12. The topological polar surface area (TPSA) is 66.8 Å². The van der Waals surface area contributed by atoms with Crippen molar-refractivity contribution in [3.63, 3.8) is 0 Å². The molecule has 1 aromatic carbocycles. The van der Waals surface area contributed by atoms with E-state index in [-0.39, 0.29) is 0 Å². The third-order valence-corrected chi connectivity index (χ3v) is 2.33. The van der Waals surface area contributed by atoms with Gasteiger partial charge in [0.25, 0.3) is 0 Å². The van der Waals surface area contributed by atoms with Crippen LogP contribution in [0.15, 0.2) is 24.3 Å². The van der Waals surface area contributed by atoms with Crippen LogP contribution in [0.2, 0.25) is 0 Å². The van der Waals surface area contributed by atoms with Crippen LogP contribution in [-0.4, -0.2) is 23.3 Å². The molecule has 0 radical (unpaired) electrons. The molecule has 0 saturated carbocycles. The lowest BCUT2D eigenvalue weighted by Gasteiger charge is -2.19. The van der Waals surface area contributed by atoms with Gasteiger partial charge in [-0.05, 0) is 31.0 Å². The number of carbonyl (C=O) groups excluding carboxylic acids is 1. The molecule has 1 rings (SSSR count). The highest BCUT2D eigenvalue weighted by molar-refractivity contribution is 5.76. The van der Waals surface area contributed by atoms with Crippen LogP contribution in [0.25, 0.3) is 0 Å². The fourth-order valence-corrected chi connectivity index (χ4v) is 1.34. The van der Waals surface area contributed by atoms with Crippen LogP contribution < -0.4 is 0 Å². The molecule has 0 bridgehead atoms. The zero-order valence-electron chi connectivity index (χ0n) is 9.60. The number of hydrogen-bond donors (Lipinski definition) is 2. The van der Waals surface area contributed by atoms with E-state index in [9.17, 15) is 15.0 Å². The summed E-state index contributed by atoms with van der Waals surface area (Å²) in [5, 5.41) is 19.4. The van der Waals surface area contributed by atoms with E-state index in [1.165, 1.54) is 7.11 Å². The number of hydrogen-bond acceptors (Lipinski definition) is 4. The Balaban J connectivity index is 3.04. The number of esters is 1. The zero-order valence-corrected chi connectivity index (χ0v) is 9.60. The molecule has 0 aliphatic heterocycles. The molecular formula is C12H16O4. The van der Waals surface area contributed by atoms with Gasteiger partial charge in [0.2, 0.25) is 0 Å². The average Bonchev–Trinajstić information content (AvgIpc) is 2.26. The summed E-state index contributed by atoms with van der Waals surface area (Å²) in [5.41, 5.74) is 0.0331. The van der Waals surface area contributed by atoms with Gasteiger partial charge in [0.1, 0.15) is 0 Å². The highest BCUT2D eigenvalue weighted by Crippen LogP contribution is 2.23. The largest absolute Gasteiger partial charge is 0.467 e. The molecule has 88 valence electrons. The molecule has 0 heterocycles. The van der Waals surface area contributed by atoms with Gasteiger partial charge in [-0.15, -0.1) is 0 Å². The average molecular weight is 224 g/mol. The van der Waals surface area contributed by atoms with Gasteiger partial charge in [-0.25, -0.2) is 4.79 Å². The zero-order chi connectivity index (χ0) is 12.3. The Kier molecular flexibility index (Phi) is 3.67. The summed E-state index contributed by atoms with van der Waals surface area (Å²) in [6, 6.07) is 6.60. The first-order chi connectivity index (χ1) is 7.36. The van der Waals surface area contributed by atoms with Crippen LogP contribution in [0.3, 0.4) is 0 Å². The Morgan fingerprint density at radius 2 is 2.06 bits per heavy atom. The van der Waals surface area contributed by atoms with Crippen LogP contribution >= 0.6 is 0 Å². The number of aliphatic hydroxyl groups excluding tert-OH is 1. The Morgan fingerprint density at radius 1 is 1.44 bits per heavy atom. The van der Waals surface area contributed by atoms with Crippen molar-refractivity contribution in [2.75, 3.05) is 7.11 Å². The lowest BCUT2D eigenvalue weighted by molar-refractivity contribution is -0.150. The predicted molar refractivity (Wildman–Crippen MR) is 58.7 cm³/mol. The summed E-state index contributed by atoms with van der Waals surface area (Å²) in [4.78, 5) is 11.1. The second kappa shape index (κ2) is 4.63. The number of methoxy groups -OCH3 is 1. The Labute approximate surface area is 94.5 Å². The molecule has 1 atom stereocenters. The van der Waals surface area contributed by atoms with Gasteiger partial charge >= 0.3 is 5.97 Å². The van der Waals surface area contributed by atoms with Crippen molar-refractivity contribution >= 4 is 5.97 Å². The molecule has 0 fully saturated rings. The van der Waals surface area contributed by atoms with Crippen LogP contribution in [0.1, 0.15) is 31.1 Å². The minimum Gasteiger partial charge on any atom is -0.467 e. The quantitative estimate of drug-likeness (QED) is 0.755. The maximum atomic E-state index is 11.1. The number of carbonyl (C=O) groups is 1. The van der Waals surface area contributed by atoms with Crippen molar-refractivity contribution in [1.29, 1.82) is 0 Å². The van der Waals surface area contributed by atoms with E-state index >= 15 is 0 Å². The van der Waals surface area contributed by atoms with Gasteiger partial charge in [-0.3, -0.25) is 0 Å². The van der Waals surface area contributed by atoms with Crippen molar-refractivity contribution in [3.05, 3.63) is 35.4 Å². The number of rotatable bonds is 3. The van der Waals surface area contributed by atoms with Crippen molar-refractivity contribution in [3.8, 4) is 0 Å². The summed E-state index contributed by atoms with van der Waals surface area (Å²) in [5.74, 6) is -0.715. The normalized spacial score (nSPS) is 13.3. The molecule has 0 aliphatic carbocycles. The van der Waals surface area contributed by atoms with E-state index in [1.54, 1.807) is 38.1 Å². The Bertz CT molecular complexity index is 379.